The zero-order valence-corrected chi connectivity index (χ0v) is 17.9. The van der Waals surface area contributed by atoms with E-state index >= 15 is 0 Å². The molecule has 6 heteroatoms. The van der Waals surface area contributed by atoms with E-state index in [0.29, 0.717) is 6.54 Å². The lowest BCUT2D eigenvalue weighted by molar-refractivity contribution is 0.475. The SMILES string of the molecule is Cn1c(=O)n(Cc2ccc(O)cc2)c2cnc3ccc(-c4cnc5ccccc5c4)cc3c21. The summed E-state index contributed by atoms with van der Waals surface area (Å²) in [6.45, 7) is 0.401. The lowest BCUT2D eigenvalue weighted by Crippen LogP contribution is -2.22. The van der Waals surface area contributed by atoms with Gasteiger partial charge < -0.3 is 5.11 Å². The van der Waals surface area contributed by atoms with Crippen LogP contribution in [0.5, 0.6) is 5.75 Å². The molecule has 0 saturated carbocycles. The van der Waals surface area contributed by atoms with Gasteiger partial charge in [-0.15, -0.1) is 0 Å². The maximum atomic E-state index is 13.1. The van der Waals surface area contributed by atoms with Gasteiger partial charge in [0.1, 0.15) is 5.75 Å². The number of imidazole rings is 1. The Bertz CT molecular complexity index is 1730. The van der Waals surface area contributed by atoms with E-state index in [0.717, 1.165) is 49.5 Å². The molecule has 0 radical (unpaired) electrons. The summed E-state index contributed by atoms with van der Waals surface area (Å²) < 4.78 is 3.40. The van der Waals surface area contributed by atoms with Crippen molar-refractivity contribution in [1.29, 1.82) is 0 Å². The van der Waals surface area contributed by atoms with Crippen LogP contribution < -0.4 is 5.69 Å². The van der Waals surface area contributed by atoms with E-state index in [1.165, 1.54) is 0 Å². The van der Waals surface area contributed by atoms with E-state index in [1.807, 2.05) is 48.7 Å². The molecule has 0 amide bonds. The number of rotatable bonds is 3. The lowest BCUT2D eigenvalue weighted by Gasteiger charge is -2.08. The normalized spacial score (nSPS) is 11.5. The number of aryl methyl sites for hydroxylation is 1. The van der Waals surface area contributed by atoms with Crippen LogP contribution in [-0.4, -0.2) is 24.2 Å². The molecule has 6 aromatic rings. The molecule has 3 aromatic heterocycles. The first kappa shape index (κ1) is 19.3. The molecule has 0 spiro atoms. The highest BCUT2D eigenvalue weighted by atomic mass is 16.3. The Morgan fingerprint density at radius 2 is 1.64 bits per heavy atom. The second-order valence-corrected chi connectivity index (χ2v) is 8.23. The molecular weight excluding hydrogens is 412 g/mol. The standard InChI is InChI=1S/C27H20N4O2/c1-30-26-22-13-18(20-12-19-4-2-3-5-23(19)28-14-20)8-11-24(22)29-15-25(26)31(27(30)33)16-17-6-9-21(32)10-7-17/h2-15,32H,16H2,1H3. The molecule has 0 unspecified atom stereocenters. The van der Waals surface area contributed by atoms with Crippen LogP contribution in [0.15, 0.2) is 90.0 Å². The summed E-state index contributed by atoms with van der Waals surface area (Å²) in [6.07, 6.45) is 3.64. The van der Waals surface area contributed by atoms with E-state index in [9.17, 15) is 9.90 Å². The third-order valence-corrected chi connectivity index (χ3v) is 6.17. The molecule has 33 heavy (non-hydrogen) atoms. The number of hydrogen-bond acceptors (Lipinski definition) is 4. The molecule has 3 aromatic carbocycles. The number of nitrogens with zero attached hydrogens (tertiary/aromatic N) is 4. The number of fused-ring (bicyclic) bond motifs is 4. The zero-order valence-electron chi connectivity index (χ0n) is 17.9. The smallest absolute Gasteiger partial charge is 0.329 e. The molecule has 3 heterocycles. The second kappa shape index (κ2) is 7.31. The van der Waals surface area contributed by atoms with Gasteiger partial charge >= 0.3 is 5.69 Å². The summed E-state index contributed by atoms with van der Waals surface area (Å²) in [7, 11) is 1.79. The molecule has 6 rings (SSSR count). The molecule has 0 aliphatic rings. The summed E-state index contributed by atoms with van der Waals surface area (Å²) >= 11 is 0. The van der Waals surface area contributed by atoms with E-state index in [4.69, 9.17) is 0 Å². The monoisotopic (exact) mass is 432 g/mol. The number of hydrogen-bond donors (Lipinski definition) is 1. The van der Waals surface area contributed by atoms with Gasteiger partial charge in [0, 0.05) is 29.6 Å². The molecule has 0 fully saturated rings. The van der Waals surface area contributed by atoms with Crippen molar-refractivity contribution in [2.75, 3.05) is 0 Å². The second-order valence-electron chi connectivity index (χ2n) is 8.23. The quantitative estimate of drug-likeness (QED) is 0.434. The van der Waals surface area contributed by atoms with Crippen LogP contribution in [0.2, 0.25) is 0 Å². The number of aromatic hydroxyl groups is 1. The number of pyridine rings is 2. The number of para-hydroxylation sites is 1. The minimum atomic E-state index is -0.106. The summed E-state index contributed by atoms with van der Waals surface area (Å²) in [5.41, 5.74) is 6.27. The van der Waals surface area contributed by atoms with E-state index in [1.54, 1.807) is 34.5 Å². The maximum Gasteiger partial charge on any atom is 0.329 e. The Hall–Kier alpha value is -4.45. The Morgan fingerprint density at radius 3 is 2.48 bits per heavy atom. The van der Waals surface area contributed by atoms with Gasteiger partial charge in [0.25, 0.3) is 0 Å². The van der Waals surface area contributed by atoms with Gasteiger partial charge in [-0.05, 0) is 47.5 Å². The Morgan fingerprint density at radius 1 is 0.848 bits per heavy atom. The molecule has 0 saturated heterocycles. The van der Waals surface area contributed by atoms with E-state index < -0.39 is 0 Å². The van der Waals surface area contributed by atoms with Gasteiger partial charge in [0.15, 0.2) is 0 Å². The first-order valence-electron chi connectivity index (χ1n) is 10.7. The number of aromatic nitrogens is 4. The summed E-state index contributed by atoms with van der Waals surface area (Å²) in [6, 6.07) is 23.2. The highest BCUT2D eigenvalue weighted by Gasteiger charge is 2.15. The third kappa shape index (κ3) is 3.15. The van der Waals surface area contributed by atoms with Gasteiger partial charge in [-0.1, -0.05) is 36.4 Å². The molecule has 0 aliphatic heterocycles. The van der Waals surface area contributed by atoms with Crippen molar-refractivity contribution in [2.24, 2.45) is 7.05 Å². The average Bonchev–Trinajstić information content (AvgIpc) is 3.09. The van der Waals surface area contributed by atoms with Crippen molar-refractivity contribution in [3.05, 3.63) is 101 Å². The Labute approximate surface area is 189 Å². The van der Waals surface area contributed by atoms with Gasteiger partial charge in [0.2, 0.25) is 0 Å². The van der Waals surface area contributed by atoms with Crippen LogP contribution in [-0.2, 0) is 13.6 Å². The first-order chi connectivity index (χ1) is 16.1. The molecular formula is C27H20N4O2. The van der Waals surface area contributed by atoms with Gasteiger partial charge in [-0.2, -0.15) is 0 Å². The largest absolute Gasteiger partial charge is 0.508 e. The van der Waals surface area contributed by atoms with Crippen molar-refractivity contribution in [3.8, 4) is 16.9 Å². The van der Waals surface area contributed by atoms with Crippen molar-refractivity contribution in [2.45, 2.75) is 6.54 Å². The molecule has 160 valence electrons. The predicted octanol–water partition coefficient (Wildman–Crippen LogP) is 4.86. The minimum Gasteiger partial charge on any atom is -0.508 e. The summed E-state index contributed by atoms with van der Waals surface area (Å²) in [5, 5.41) is 11.6. The average molecular weight is 432 g/mol. The summed E-state index contributed by atoms with van der Waals surface area (Å²) in [5.74, 6) is 0.201. The lowest BCUT2D eigenvalue weighted by atomic mass is 10.0. The van der Waals surface area contributed by atoms with Crippen molar-refractivity contribution < 1.29 is 5.11 Å². The minimum absolute atomic E-state index is 0.106. The van der Waals surface area contributed by atoms with Crippen LogP contribution in [0.3, 0.4) is 0 Å². The van der Waals surface area contributed by atoms with Gasteiger partial charge in [0.05, 0.1) is 34.8 Å². The predicted molar refractivity (Wildman–Crippen MR) is 130 cm³/mol. The highest BCUT2D eigenvalue weighted by molar-refractivity contribution is 6.04. The van der Waals surface area contributed by atoms with Crippen molar-refractivity contribution >= 4 is 32.8 Å². The van der Waals surface area contributed by atoms with E-state index in [-0.39, 0.29) is 11.4 Å². The zero-order chi connectivity index (χ0) is 22.5. The molecule has 0 bridgehead atoms. The first-order valence-corrected chi connectivity index (χ1v) is 10.7. The fraction of sp³-hybridized carbons (Fsp3) is 0.0741. The molecule has 0 aliphatic carbocycles. The van der Waals surface area contributed by atoms with Crippen LogP contribution in [0, 0.1) is 0 Å². The third-order valence-electron chi connectivity index (χ3n) is 6.17. The van der Waals surface area contributed by atoms with Crippen LogP contribution >= 0.6 is 0 Å². The fourth-order valence-corrected chi connectivity index (χ4v) is 4.44. The van der Waals surface area contributed by atoms with Gasteiger partial charge in [-0.3, -0.25) is 19.1 Å². The fourth-order valence-electron chi connectivity index (χ4n) is 4.44. The Balaban J connectivity index is 1.54. The van der Waals surface area contributed by atoms with Crippen LogP contribution in [0.1, 0.15) is 5.56 Å². The van der Waals surface area contributed by atoms with Crippen LogP contribution in [0.4, 0.5) is 0 Å². The molecule has 1 N–H and O–H groups in total. The van der Waals surface area contributed by atoms with Crippen LogP contribution in [0.25, 0.3) is 44.0 Å². The Kier molecular flexibility index (Phi) is 4.26. The van der Waals surface area contributed by atoms with Crippen molar-refractivity contribution in [1.82, 2.24) is 19.1 Å². The molecule has 0 atom stereocenters. The number of benzene rings is 3. The maximum absolute atomic E-state index is 13.1. The van der Waals surface area contributed by atoms with Crippen molar-refractivity contribution in [3.63, 3.8) is 0 Å². The highest BCUT2D eigenvalue weighted by Crippen LogP contribution is 2.29. The topological polar surface area (TPSA) is 72.9 Å². The van der Waals surface area contributed by atoms with E-state index in [2.05, 4.69) is 28.2 Å². The summed E-state index contributed by atoms with van der Waals surface area (Å²) in [4.78, 5) is 22.4. The number of phenolic OH excluding ortho intramolecular Hbond substituents is 1. The molecule has 6 nitrogen and oxygen atoms in total. The number of phenols is 1. The van der Waals surface area contributed by atoms with Gasteiger partial charge in [-0.25, -0.2) is 4.79 Å².